The van der Waals surface area contributed by atoms with Gasteiger partial charge >= 0.3 is 0 Å². The molecule has 0 saturated carbocycles. The van der Waals surface area contributed by atoms with Gasteiger partial charge in [0, 0.05) is 57.2 Å². The molecule has 2 saturated heterocycles. The number of morpholine rings is 1. The molecule has 25 heavy (non-hydrogen) atoms. The van der Waals surface area contributed by atoms with Gasteiger partial charge in [-0.1, -0.05) is 5.16 Å². The zero-order valence-corrected chi connectivity index (χ0v) is 15.2. The summed E-state index contributed by atoms with van der Waals surface area (Å²) in [6, 6.07) is 0. The van der Waals surface area contributed by atoms with Crippen LogP contribution in [0.3, 0.4) is 0 Å². The average Bonchev–Trinajstić information content (AvgIpc) is 3.17. The molecule has 2 aliphatic heterocycles. The van der Waals surface area contributed by atoms with E-state index in [1.807, 2.05) is 18.7 Å². The van der Waals surface area contributed by atoms with Gasteiger partial charge in [-0.25, -0.2) is 0 Å². The maximum absolute atomic E-state index is 12.6. The molecule has 1 aromatic heterocycles. The van der Waals surface area contributed by atoms with Crippen LogP contribution in [0.2, 0.25) is 0 Å². The van der Waals surface area contributed by atoms with Gasteiger partial charge in [0.25, 0.3) is 0 Å². The van der Waals surface area contributed by atoms with Crippen molar-refractivity contribution in [3.63, 3.8) is 0 Å². The number of hydrogen-bond donors (Lipinski definition) is 1. The number of carbonyl (C=O) groups excluding carboxylic acids is 1. The third kappa shape index (κ3) is 4.40. The van der Waals surface area contributed by atoms with E-state index in [0.717, 1.165) is 56.4 Å². The Balaban J connectivity index is 1.52. The molecule has 0 aliphatic carbocycles. The minimum atomic E-state index is 0.142. The Morgan fingerprint density at radius 3 is 2.60 bits per heavy atom. The van der Waals surface area contributed by atoms with Crippen molar-refractivity contribution in [3.05, 3.63) is 17.0 Å². The van der Waals surface area contributed by atoms with Crippen molar-refractivity contribution in [2.45, 2.75) is 26.7 Å². The molecule has 2 aliphatic rings. The summed E-state index contributed by atoms with van der Waals surface area (Å²) in [4.78, 5) is 16.9. The Bertz CT molecular complexity index is 563. The third-order valence-electron chi connectivity index (χ3n) is 5.53. The summed E-state index contributed by atoms with van der Waals surface area (Å²) in [6.45, 7) is 9.69. The molecule has 7 heteroatoms. The fourth-order valence-corrected chi connectivity index (χ4v) is 3.92. The van der Waals surface area contributed by atoms with Gasteiger partial charge in [0.1, 0.15) is 5.76 Å². The van der Waals surface area contributed by atoms with Crippen molar-refractivity contribution < 1.29 is 19.2 Å². The molecular formula is C18H29N3O4. The minimum Gasteiger partial charge on any atom is -0.396 e. The smallest absolute Gasteiger partial charge is 0.222 e. The topological polar surface area (TPSA) is 79.0 Å². The van der Waals surface area contributed by atoms with E-state index in [-0.39, 0.29) is 18.4 Å². The van der Waals surface area contributed by atoms with Gasteiger partial charge in [0.2, 0.25) is 5.91 Å². The molecule has 3 heterocycles. The molecule has 0 spiro atoms. The molecule has 0 aromatic carbocycles. The number of aromatic nitrogens is 1. The van der Waals surface area contributed by atoms with Crippen LogP contribution in [0.1, 0.15) is 23.4 Å². The molecule has 0 bridgehead atoms. The van der Waals surface area contributed by atoms with E-state index in [4.69, 9.17) is 9.26 Å². The highest BCUT2D eigenvalue weighted by Crippen LogP contribution is 2.25. The summed E-state index contributed by atoms with van der Waals surface area (Å²) in [5, 5.41) is 13.7. The van der Waals surface area contributed by atoms with E-state index < -0.39 is 0 Å². The summed E-state index contributed by atoms with van der Waals surface area (Å²) in [7, 11) is 0. The number of likely N-dealkylation sites (tertiary alicyclic amines) is 1. The first-order chi connectivity index (χ1) is 12.1. The standard InChI is InChI=1S/C18H29N3O4/c1-13-17(14(2)25-19-13)3-4-18(23)21-10-15(16(11-21)12-22)9-20-5-7-24-8-6-20/h15-16,22H,3-12H2,1-2H3/t15-,16-/m1/s1. The lowest BCUT2D eigenvalue weighted by Crippen LogP contribution is -2.41. The van der Waals surface area contributed by atoms with Crippen LogP contribution in [0.5, 0.6) is 0 Å². The van der Waals surface area contributed by atoms with Crippen molar-refractivity contribution in [1.29, 1.82) is 0 Å². The predicted octanol–water partition coefficient (Wildman–Crippen LogP) is 0.623. The first kappa shape index (κ1) is 18.4. The molecule has 1 N–H and O–H groups in total. The SMILES string of the molecule is Cc1noc(C)c1CCC(=O)N1C[C@@H](CN2CCOCC2)[C@@H](CO)C1. The Kier molecular flexibility index (Phi) is 6.09. The van der Waals surface area contributed by atoms with E-state index >= 15 is 0 Å². The predicted molar refractivity (Wildman–Crippen MR) is 92.2 cm³/mol. The highest BCUT2D eigenvalue weighted by molar-refractivity contribution is 5.76. The Labute approximate surface area is 148 Å². The van der Waals surface area contributed by atoms with E-state index in [9.17, 15) is 9.90 Å². The quantitative estimate of drug-likeness (QED) is 0.810. The number of ether oxygens (including phenoxy) is 1. The second-order valence-corrected chi connectivity index (χ2v) is 7.22. The zero-order valence-electron chi connectivity index (χ0n) is 15.2. The number of rotatable bonds is 6. The molecule has 2 atom stereocenters. The van der Waals surface area contributed by atoms with Crippen LogP contribution in [0.25, 0.3) is 0 Å². The van der Waals surface area contributed by atoms with Crippen molar-refractivity contribution in [1.82, 2.24) is 15.0 Å². The molecule has 140 valence electrons. The highest BCUT2D eigenvalue weighted by atomic mass is 16.5. The van der Waals surface area contributed by atoms with Gasteiger partial charge in [0.15, 0.2) is 0 Å². The molecule has 0 unspecified atom stereocenters. The number of amides is 1. The van der Waals surface area contributed by atoms with Crippen molar-refractivity contribution >= 4 is 5.91 Å². The summed E-state index contributed by atoms with van der Waals surface area (Å²) in [5.41, 5.74) is 1.90. The molecular weight excluding hydrogens is 322 g/mol. The van der Waals surface area contributed by atoms with Crippen LogP contribution < -0.4 is 0 Å². The van der Waals surface area contributed by atoms with Crippen LogP contribution in [0, 0.1) is 25.7 Å². The lowest BCUT2D eigenvalue weighted by molar-refractivity contribution is -0.130. The fourth-order valence-electron chi connectivity index (χ4n) is 3.92. The molecule has 2 fully saturated rings. The van der Waals surface area contributed by atoms with E-state index in [0.29, 0.717) is 25.3 Å². The molecule has 3 rings (SSSR count). The lowest BCUT2D eigenvalue weighted by atomic mass is 9.96. The van der Waals surface area contributed by atoms with Gasteiger partial charge in [-0.15, -0.1) is 0 Å². The molecule has 1 amide bonds. The third-order valence-corrected chi connectivity index (χ3v) is 5.53. The van der Waals surface area contributed by atoms with Gasteiger partial charge in [-0.2, -0.15) is 0 Å². The normalized spacial score (nSPS) is 24.8. The summed E-state index contributed by atoms with van der Waals surface area (Å²) in [6.07, 6.45) is 1.12. The van der Waals surface area contributed by atoms with Crippen molar-refractivity contribution in [2.24, 2.45) is 11.8 Å². The second-order valence-electron chi connectivity index (χ2n) is 7.22. The van der Waals surface area contributed by atoms with Crippen LogP contribution in [-0.4, -0.2) is 78.5 Å². The number of aryl methyl sites for hydroxylation is 2. The van der Waals surface area contributed by atoms with E-state index in [1.54, 1.807) is 0 Å². The largest absolute Gasteiger partial charge is 0.396 e. The maximum atomic E-state index is 12.6. The fraction of sp³-hybridized carbons (Fsp3) is 0.778. The Morgan fingerprint density at radius 1 is 1.24 bits per heavy atom. The Morgan fingerprint density at radius 2 is 1.96 bits per heavy atom. The van der Waals surface area contributed by atoms with E-state index in [1.165, 1.54) is 0 Å². The minimum absolute atomic E-state index is 0.142. The van der Waals surface area contributed by atoms with Crippen molar-refractivity contribution in [2.75, 3.05) is 52.5 Å². The molecule has 0 radical (unpaired) electrons. The number of hydrogen-bond acceptors (Lipinski definition) is 6. The molecule has 1 aromatic rings. The molecule has 7 nitrogen and oxygen atoms in total. The number of aliphatic hydroxyl groups excluding tert-OH is 1. The first-order valence-corrected chi connectivity index (χ1v) is 9.19. The van der Waals surface area contributed by atoms with Crippen LogP contribution in [-0.2, 0) is 16.0 Å². The van der Waals surface area contributed by atoms with Crippen LogP contribution in [0.15, 0.2) is 4.52 Å². The summed E-state index contributed by atoms with van der Waals surface area (Å²) < 4.78 is 10.6. The monoisotopic (exact) mass is 351 g/mol. The highest BCUT2D eigenvalue weighted by Gasteiger charge is 2.35. The first-order valence-electron chi connectivity index (χ1n) is 9.19. The number of aliphatic hydroxyl groups is 1. The zero-order chi connectivity index (χ0) is 17.8. The van der Waals surface area contributed by atoms with Crippen LogP contribution >= 0.6 is 0 Å². The van der Waals surface area contributed by atoms with Gasteiger partial charge in [-0.05, 0) is 26.2 Å². The van der Waals surface area contributed by atoms with E-state index in [2.05, 4.69) is 10.1 Å². The number of nitrogens with zero attached hydrogens (tertiary/aromatic N) is 3. The summed E-state index contributed by atoms with van der Waals surface area (Å²) in [5.74, 6) is 1.46. The van der Waals surface area contributed by atoms with Gasteiger partial charge in [-0.3, -0.25) is 9.69 Å². The second kappa shape index (κ2) is 8.29. The van der Waals surface area contributed by atoms with Crippen molar-refractivity contribution in [3.8, 4) is 0 Å². The average molecular weight is 351 g/mol. The Hall–Kier alpha value is -1.44. The maximum Gasteiger partial charge on any atom is 0.222 e. The lowest BCUT2D eigenvalue weighted by Gasteiger charge is -2.30. The number of carbonyl (C=O) groups is 1. The van der Waals surface area contributed by atoms with Gasteiger partial charge in [0.05, 0.1) is 18.9 Å². The van der Waals surface area contributed by atoms with Gasteiger partial charge < -0.3 is 19.3 Å². The summed E-state index contributed by atoms with van der Waals surface area (Å²) >= 11 is 0. The van der Waals surface area contributed by atoms with Crippen LogP contribution in [0.4, 0.5) is 0 Å².